The summed E-state index contributed by atoms with van der Waals surface area (Å²) in [5, 5.41) is 0. The molecule has 0 radical (unpaired) electrons. The molecule has 0 saturated carbocycles. The van der Waals surface area contributed by atoms with Crippen molar-refractivity contribution >= 4 is 23.4 Å². The van der Waals surface area contributed by atoms with Crippen molar-refractivity contribution in [2.45, 2.75) is 39.7 Å². The molecule has 0 spiro atoms. The molecular weight excluding hydrogens is 448 g/mol. The zero-order valence-electron chi connectivity index (χ0n) is 20.0. The van der Waals surface area contributed by atoms with E-state index in [2.05, 4.69) is 31.0 Å². The van der Waals surface area contributed by atoms with Gasteiger partial charge in [0.1, 0.15) is 11.8 Å². The van der Waals surface area contributed by atoms with Crippen LogP contribution in [0.25, 0.3) is 6.08 Å². The van der Waals surface area contributed by atoms with Gasteiger partial charge >= 0.3 is 5.97 Å². The van der Waals surface area contributed by atoms with E-state index in [-0.39, 0.29) is 12.2 Å². The zero-order chi connectivity index (χ0) is 24.4. The molecule has 0 amide bonds. The predicted octanol–water partition coefficient (Wildman–Crippen LogP) is 3.93. The highest BCUT2D eigenvalue weighted by molar-refractivity contribution is 7.07. The molecule has 7 heteroatoms. The normalized spacial score (nSPS) is 15.8. The summed E-state index contributed by atoms with van der Waals surface area (Å²) < 4.78 is 13.1. The number of allylic oxidation sites excluding steroid dienone is 1. The van der Waals surface area contributed by atoms with Gasteiger partial charge < -0.3 is 9.47 Å². The Kier molecular flexibility index (Phi) is 6.84. The van der Waals surface area contributed by atoms with Crippen LogP contribution in [0.3, 0.4) is 0 Å². The molecule has 1 unspecified atom stereocenters. The molecular formula is C27H28N2O4S. The lowest BCUT2D eigenvalue weighted by molar-refractivity contribution is -0.139. The number of aromatic nitrogens is 1. The van der Waals surface area contributed by atoms with Gasteiger partial charge in [-0.05, 0) is 43.0 Å². The minimum absolute atomic E-state index is 0.207. The number of thiazole rings is 1. The first-order valence-corrected chi connectivity index (χ1v) is 12.1. The Labute approximate surface area is 202 Å². The molecule has 0 fully saturated rings. The highest BCUT2D eigenvalue weighted by Gasteiger charge is 2.34. The number of hydrogen-bond donors (Lipinski definition) is 0. The number of hydrogen-bond acceptors (Lipinski definition) is 6. The predicted molar refractivity (Wildman–Crippen MR) is 134 cm³/mol. The van der Waals surface area contributed by atoms with Crippen LogP contribution in [-0.4, -0.2) is 24.3 Å². The summed E-state index contributed by atoms with van der Waals surface area (Å²) in [7, 11) is 1.57. The highest BCUT2D eigenvalue weighted by Crippen LogP contribution is 2.35. The summed E-state index contributed by atoms with van der Waals surface area (Å²) in [6, 6.07) is 14.9. The molecule has 176 valence electrons. The van der Waals surface area contributed by atoms with Crippen LogP contribution in [0.5, 0.6) is 5.75 Å². The molecule has 2 aromatic carbocycles. The Morgan fingerprint density at radius 1 is 1.18 bits per heavy atom. The maximum atomic E-state index is 13.7. The third-order valence-electron chi connectivity index (χ3n) is 5.85. The largest absolute Gasteiger partial charge is 0.496 e. The van der Waals surface area contributed by atoms with Gasteiger partial charge in [0.2, 0.25) is 0 Å². The summed E-state index contributed by atoms with van der Waals surface area (Å²) in [6.07, 6.45) is 1.87. The number of rotatable bonds is 6. The number of fused-ring (bicyclic) bond motifs is 1. The van der Waals surface area contributed by atoms with Gasteiger partial charge in [-0.1, -0.05) is 67.6 Å². The Hall–Kier alpha value is -3.45. The molecule has 1 aliphatic heterocycles. The number of esters is 1. The lowest BCUT2D eigenvalue weighted by Crippen LogP contribution is -2.40. The molecule has 1 aromatic heterocycles. The summed E-state index contributed by atoms with van der Waals surface area (Å²) >= 11 is 1.31. The second kappa shape index (κ2) is 9.81. The molecule has 0 saturated heterocycles. The number of para-hydroxylation sites is 1. The molecule has 2 heterocycles. The summed E-state index contributed by atoms with van der Waals surface area (Å²) in [4.78, 5) is 31.8. The van der Waals surface area contributed by atoms with Gasteiger partial charge in [-0.15, -0.1) is 0 Å². The van der Waals surface area contributed by atoms with Crippen LogP contribution in [0.15, 0.2) is 69.6 Å². The topological polar surface area (TPSA) is 69.9 Å². The SMILES string of the molecule is CCOC(=O)C1=C(C)N=c2sc(=Cc3ccc(C(C)C)cc3)c(=O)n2C1c1ccccc1OC. The van der Waals surface area contributed by atoms with E-state index in [1.165, 1.54) is 16.9 Å². The van der Waals surface area contributed by atoms with E-state index in [4.69, 9.17) is 9.47 Å². The highest BCUT2D eigenvalue weighted by atomic mass is 32.1. The first-order chi connectivity index (χ1) is 16.3. The van der Waals surface area contributed by atoms with Gasteiger partial charge in [-0.3, -0.25) is 9.36 Å². The number of carbonyl (C=O) groups excluding carboxylic acids is 1. The standard InChI is InChI=1S/C27H28N2O4S/c1-6-33-26(31)23-17(4)28-27-29(24(23)20-9-7-8-10-21(20)32-5)25(30)22(34-27)15-18-11-13-19(14-12-18)16(2)3/h7-16,24H,6H2,1-5H3. The number of carbonyl (C=O) groups is 1. The quantitative estimate of drug-likeness (QED) is 0.506. The average molecular weight is 477 g/mol. The average Bonchev–Trinajstić information content (AvgIpc) is 3.13. The van der Waals surface area contributed by atoms with Crippen molar-refractivity contribution in [3.05, 3.63) is 96.2 Å². The van der Waals surface area contributed by atoms with Gasteiger partial charge in [0.25, 0.3) is 5.56 Å². The van der Waals surface area contributed by atoms with Crippen molar-refractivity contribution in [1.82, 2.24) is 4.57 Å². The lowest BCUT2D eigenvalue weighted by Gasteiger charge is -2.25. The van der Waals surface area contributed by atoms with Crippen LogP contribution in [0.1, 0.15) is 56.3 Å². The van der Waals surface area contributed by atoms with Gasteiger partial charge in [-0.2, -0.15) is 0 Å². The monoisotopic (exact) mass is 476 g/mol. The molecule has 0 aliphatic carbocycles. The van der Waals surface area contributed by atoms with E-state index in [1.54, 1.807) is 25.5 Å². The van der Waals surface area contributed by atoms with Crippen LogP contribution in [0.2, 0.25) is 0 Å². The Bertz CT molecular complexity index is 1430. The summed E-state index contributed by atoms with van der Waals surface area (Å²) in [5.41, 5.74) is 3.54. The van der Waals surface area contributed by atoms with Crippen LogP contribution in [-0.2, 0) is 9.53 Å². The van der Waals surface area contributed by atoms with E-state index in [0.29, 0.717) is 37.8 Å². The van der Waals surface area contributed by atoms with Crippen molar-refractivity contribution in [2.75, 3.05) is 13.7 Å². The third-order valence-corrected chi connectivity index (χ3v) is 6.83. The first kappa shape index (κ1) is 23.7. The smallest absolute Gasteiger partial charge is 0.338 e. The molecule has 4 rings (SSSR count). The number of ether oxygens (including phenoxy) is 2. The van der Waals surface area contributed by atoms with E-state index < -0.39 is 12.0 Å². The van der Waals surface area contributed by atoms with E-state index in [1.807, 2.05) is 42.5 Å². The summed E-state index contributed by atoms with van der Waals surface area (Å²) in [6.45, 7) is 8.05. The molecule has 0 bridgehead atoms. The van der Waals surface area contributed by atoms with Crippen LogP contribution in [0.4, 0.5) is 0 Å². The fourth-order valence-electron chi connectivity index (χ4n) is 4.11. The van der Waals surface area contributed by atoms with Crippen molar-refractivity contribution in [2.24, 2.45) is 4.99 Å². The van der Waals surface area contributed by atoms with Crippen LogP contribution < -0.4 is 19.6 Å². The molecule has 3 aromatic rings. The Morgan fingerprint density at radius 2 is 1.88 bits per heavy atom. The first-order valence-electron chi connectivity index (χ1n) is 11.3. The number of methoxy groups -OCH3 is 1. The second-order valence-electron chi connectivity index (χ2n) is 8.37. The van der Waals surface area contributed by atoms with Crippen LogP contribution >= 0.6 is 11.3 Å². The minimum Gasteiger partial charge on any atom is -0.496 e. The molecule has 1 atom stereocenters. The van der Waals surface area contributed by atoms with E-state index >= 15 is 0 Å². The summed E-state index contributed by atoms with van der Waals surface area (Å²) in [5.74, 6) is 0.533. The van der Waals surface area contributed by atoms with Crippen molar-refractivity contribution in [3.8, 4) is 5.75 Å². The second-order valence-corrected chi connectivity index (χ2v) is 9.37. The maximum absolute atomic E-state index is 13.7. The molecule has 6 nitrogen and oxygen atoms in total. The lowest BCUT2D eigenvalue weighted by atomic mass is 9.95. The molecule has 0 N–H and O–H groups in total. The zero-order valence-corrected chi connectivity index (χ0v) is 20.8. The van der Waals surface area contributed by atoms with Crippen molar-refractivity contribution < 1.29 is 14.3 Å². The van der Waals surface area contributed by atoms with Crippen molar-refractivity contribution in [3.63, 3.8) is 0 Å². The van der Waals surface area contributed by atoms with E-state index in [0.717, 1.165) is 5.56 Å². The van der Waals surface area contributed by atoms with Crippen molar-refractivity contribution in [1.29, 1.82) is 0 Å². The fraction of sp³-hybridized carbons (Fsp3) is 0.296. The molecule has 34 heavy (non-hydrogen) atoms. The van der Waals surface area contributed by atoms with Gasteiger partial charge in [0, 0.05) is 5.56 Å². The fourth-order valence-corrected chi connectivity index (χ4v) is 5.15. The van der Waals surface area contributed by atoms with Gasteiger partial charge in [0.15, 0.2) is 4.80 Å². The van der Waals surface area contributed by atoms with Crippen LogP contribution in [0, 0.1) is 0 Å². The van der Waals surface area contributed by atoms with Gasteiger partial charge in [0.05, 0.1) is 29.5 Å². The number of nitrogens with zero attached hydrogens (tertiary/aromatic N) is 2. The van der Waals surface area contributed by atoms with Gasteiger partial charge in [-0.25, -0.2) is 9.79 Å². The molecule has 1 aliphatic rings. The van der Waals surface area contributed by atoms with E-state index in [9.17, 15) is 9.59 Å². The Morgan fingerprint density at radius 3 is 2.53 bits per heavy atom. The minimum atomic E-state index is -0.697. The maximum Gasteiger partial charge on any atom is 0.338 e. The number of benzene rings is 2. The third kappa shape index (κ3) is 4.35. The Balaban J connectivity index is 1.93.